The van der Waals surface area contributed by atoms with Crippen molar-refractivity contribution in [1.82, 2.24) is 0 Å². The van der Waals surface area contributed by atoms with Gasteiger partial charge in [-0.1, -0.05) is 18.2 Å². The van der Waals surface area contributed by atoms with E-state index in [-0.39, 0.29) is 6.42 Å². The van der Waals surface area contributed by atoms with E-state index in [1.807, 2.05) is 12.1 Å². The van der Waals surface area contributed by atoms with Gasteiger partial charge in [-0.05, 0) is 12.5 Å². The molecule has 1 N–H and O–H groups in total. The fourth-order valence-corrected chi connectivity index (χ4v) is 1.51. The van der Waals surface area contributed by atoms with Gasteiger partial charge in [-0.3, -0.25) is 4.79 Å². The number of carbonyl (C=O) groups is 1. The van der Waals surface area contributed by atoms with E-state index in [4.69, 9.17) is 15.1 Å². The summed E-state index contributed by atoms with van der Waals surface area (Å²) in [5.74, 6) is -0.707. The molecule has 84 valence electrons. The van der Waals surface area contributed by atoms with Crippen molar-refractivity contribution in [3.05, 3.63) is 29.8 Å². The molecule has 0 aliphatic heterocycles. The van der Waals surface area contributed by atoms with E-state index in [0.29, 0.717) is 12.2 Å². The minimum atomic E-state index is -0.893. The van der Waals surface area contributed by atoms with Gasteiger partial charge in [0.15, 0.2) is 0 Å². The molecule has 1 aromatic carbocycles. The van der Waals surface area contributed by atoms with Gasteiger partial charge in [0.05, 0.1) is 19.1 Å². The van der Waals surface area contributed by atoms with Gasteiger partial charge in [0.2, 0.25) is 0 Å². The number of benzene rings is 1. The van der Waals surface area contributed by atoms with Crippen LogP contribution in [0.15, 0.2) is 24.3 Å². The number of para-hydroxylation sites is 1. The standard InChI is InChI=1S/C12H13NO3/c1-16-11-5-3-2-4-10(11)9(8-13)6-7-12(14)15/h2-5,9H,6-7H2,1H3,(H,14,15). The number of hydrogen-bond donors (Lipinski definition) is 1. The van der Waals surface area contributed by atoms with Crippen molar-refractivity contribution in [2.45, 2.75) is 18.8 Å². The highest BCUT2D eigenvalue weighted by atomic mass is 16.5. The maximum absolute atomic E-state index is 10.5. The Bertz CT molecular complexity index is 409. The first kappa shape index (κ1) is 12.1. The van der Waals surface area contributed by atoms with E-state index in [0.717, 1.165) is 5.56 Å². The zero-order chi connectivity index (χ0) is 12.0. The predicted molar refractivity (Wildman–Crippen MR) is 58.2 cm³/mol. The van der Waals surface area contributed by atoms with Crippen LogP contribution in [0.1, 0.15) is 24.3 Å². The van der Waals surface area contributed by atoms with Gasteiger partial charge in [-0.15, -0.1) is 0 Å². The molecule has 1 rings (SSSR count). The van der Waals surface area contributed by atoms with Crippen LogP contribution in [0, 0.1) is 11.3 Å². The molecule has 0 aliphatic carbocycles. The highest BCUT2D eigenvalue weighted by molar-refractivity contribution is 5.66. The lowest BCUT2D eigenvalue weighted by atomic mass is 9.95. The average molecular weight is 219 g/mol. The summed E-state index contributed by atoms with van der Waals surface area (Å²) in [6, 6.07) is 9.28. The minimum absolute atomic E-state index is 0.0176. The fraction of sp³-hybridized carbons (Fsp3) is 0.333. The molecule has 0 saturated carbocycles. The summed E-state index contributed by atoms with van der Waals surface area (Å²) in [6.07, 6.45) is 0.280. The Labute approximate surface area is 94.1 Å². The Kier molecular flexibility index (Phi) is 4.34. The Morgan fingerprint density at radius 2 is 2.25 bits per heavy atom. The van der Waals surface area contributed by atoms with Crippen molar-refractivity contribution in [1.29, 1.82) is 5.26 Å². The Balaban J connectivity index is 2.87. The van der Waals surface area contributed by atoms with E-state index in [1.54, 1.807) is 12.1 Å². The van der Waals surface area contributed by atoms with Gasteiger partial charge in [-0.2, -0.15) is 5.26 Å². The SMILES string of the molecule is COc1ccccc1C(C#N)CCC(=O)O. The maximum Gasteiger partial charge on any atom is 0.303 e. The molecule has 0 fully saturated rings. The summed E-state index contributed by atoms with van der Waals surface area (Å²) < 4.78 is 5.14. The topological polar surface area (TPSA) is 70.3 Å². The Morgan fingerprint density at radius 1 is 1.56 bits per heavy atom. The van der Waals surface area contributed by atoms with Crippen molar-refractivity contribution in [3.63, 3.8) is 0 Å². The first-order valence-corrected chi connectivity index (χ1v) is 4.93. The number of nitrogens with zero attached hydrogens (tertiary/aromatic N) is 1. The quantitative estimate of drug-likeness (QED) is 0.823. The number of ether oxygens (including phenoxy) is 1. The lowest BCUT2D eigenvalue weighted by molar-refractivity contribution is -0.137. The van der Waals surface area contributed by atoms with Crippen molar-refractivity contribution in [3.8, 4) is 11.8 Å². The molecular weight excluding hydrogens is 206 g/mol. The van der Waals surface area contributed by atoms with E-state index < -0.39 is 11.9 Å². The number of carboxylic acid groups (broad SMARTS) is 1. The van der Waals surface area contributed by atoms with Crippen LogP contribution in [-0.2, 0) is 4.79 Å². The second-order valence-electron chi connectivity index (χ2n) is 3.36. The van der Waals surface area contributed by atoms with Crippen molar-refractivity contribution >= 4 is 5.97 Å². The van der Waals surface area contributed by atoms with E-state index >= 15 is 0 Å². The smallest absolute Gasteiger partial charge is 0.303 e. The monoisotopic (exact) mass is 219 g/mol. The third-order valence-electron chi connectivity index (χ3n) is 2.32. The second kappa shape index (κ2) is 5.76. The Morgan fingerprint density at radius 3 is 2.81 bits per heavy atom. The van der Waals surface area contributed by atoms with Gasteiger partial charge in [0.25, 0.3) is 0 Å². The highest BCUT2D eigenvalue weighted by Gasteiger charge is 2.16. The second-order valence-corrected chi connectivity index (χ2v) is 3.36. The molecule has 0 heterocycles. The first-order chi connectivity index (χ1) is 7.69. The van der Waals surface area contributed by atoms with Crippen molar-refractivity contribution in [2.24, 2.45) is 0 Å². The molecule has 0 bridgehead atoms. The summed E-state index contributed by atoms with van der Waals surface area (Å²) in [5, 5.41) is 17.6. The van der Waals surface area contributed by atoms with Crippen LogP contribution in [0.4, 0.5) is 0 Å². The van der Waals surface area contributed by atoms with Gasteiger partial charge in [0.1, 0.15) is 5.75 Å². The van der Waals surface area contributed by atoms with Crippen LogP contribution in [0.2, 0.25) is 0 Å². The molecule has 0 radical (unpaired) electrons. The van der Waals surface area contributed by atoms with Crippen LogP contribution >= 0.6 is 0 Å². The van der Waals surface area contributed by atoms with Gasteiger partial charge in [-0.25, -0.2) is 0 Å². The lowest BCUT2D eigenvalue weighted by Crippen LogP contribution is -2.03. The number of nitriles is 1. The molecule has 0 aromatic heterocycles. The molecule has 0 amide bonds. The van der Waals surface area contributed by atoms with Crippen LogP contribution in [0.5, 0.6) is 5.75 Å². The molecule has 16 heavy (non-hydrogen) atoms. The van der Waals surface area contributed by atoms with Gasteiger partial charge >= 0.3 is 5.97 Å². The van der Waals surface area contributed by atoms with Crippen LogP contribution in [0.3, 0.4) is 0 Å². The summed E-state index contributed by atoms with van der Waals surface area (Å²) in [7, 11) is 1.53. The molecular formula is C12H13NO3. The minimum Gasteiger partial charge on any atom is -0.496 e. The molecule has 1 unspecified atom stereocenters. The number of hydrogen-bond acceptors (Lipinski definition) is 3. The molecule has 1 atom stereocenters. The molecule has 4 heteroatoms. The summed E-state index contributed by atoms with van der Waals surface area (Å²) in [4.78, 5) is 10.5. The number of carboxylic acids is 1. The third kappa shape index (κ3) is 2.99. The summed E-state index contributed by atoms with van der Waals surface area (Å²) >= 11 is 0. The highest BCUT2D eigenvalue weighted by Crippen LogP contribution is 2.29. The van der Waals surface area contributed by atoms with Crippen molar-refractivity contribution < 1.29 is 14.6 Å². The molecule has 4 nitrogen and oxygen atoms in total. The van der Waals surface area contributed by atoms with Crippen LogP contribution in [-0.4, -0.2) is 18.2 Å². The summed E-state index contributed by atoms with van der Waals surface area (Å²) in [6.45, 7) is 0. The van der Waals surface area contributed by atoms with Crippen LogP contribution in [0.25, 0.3) is 0 Å². The fourth-order valence-electron chi connectivity index (χ4n) is 1.51. The van der Waals surface area contributed by atoms with Crippen molar-refractivity contribution in [2.75, 3.05) is 7.11 Å². The molecule has 0 spiro atoms. The average Bonchev–Trinajstić information content (AvgIpc) is 2.30. The largest absolute Gasteiger partial charge is 0.496 e. The summed E-state index contributed by atoms with van der Waals surface area (Å²) in [5.41, 5.74) is 0.744. The van der Waals surface area contributed by atoms with Gasteiger partial charge in [0, 0.05) is 12.0 Å². The molecule has 0 saturated heterocycles. The number of methoxy groups -OCH3 is 1. The lowest BCUT2D eigenvalue weighted by Gasteiger charge is -2.12. The molecule has 1 aromatic rings. The predicted octanol–water partition coefficient (Wildman–Crippen LogP) is 2.17. The molecule has 0 aliphatic rings. The third-order valence-corrected chi connectivity index (χ3v) is 2.32. The van der Waals surface area contributed by atoms with Gasteiger partial charge < -0.3 is 9.84 Å². The zero-order valence-electron chi connectivity index (χ0n) is 9.01. The van der Waals surface area contributed by atoms with E-state index in [9.17, 15) is 4.79 Å². The normalized spacial score (nSPS) is 11.5. The van der Waals surface area contributed by atoms with Crippen LogP contribution < -0.4 is 4.74 Å². The zero-order valence-corrected chi connectivity index (χ0v) is 9.01. The Hall–Kier alpha value is -2.02. The number of rotatable bonds is 5. The number of aliphatic carboxylic acids is 1. The maximum atomic E-state index is 10.5. The van der Waals surface area contributed by atoms with E-state index in [1.165, 1.54) is 7.11 Å². The van der Waals surface area contributed by atoms with E-state index in [2.05, 4.69) is 6.07 Å². The first-order valence-electron chi connectivity index (χ1n) is 4.93.